The molecular weight excluding hydrogens is 1060 g/mol. The van der Waals surface area contributed by atoms with Gasteiger partial charge in [0, 0.05) is 15.7 Å². The van der Waals surface area contributed by atoms with Crippen molar-refractivity contribution >= 4 is 126 Å². The van der Waals surface area contributed by atoms with Gasteiger partial charge in [0.15, 0.2) is 0 Å². The second kappa shape index (κ2) is 11.9. The summed E-state index contributed by atoms with van der Waals surface area (Å²) in [5, 5.41) is 31.2. The van der Waals surface area contributed by atoms with E-state index in [-0.39, 0.29) is 16.9 Å². The van der Waals surface area contributed by atoms with E-state index in [2.05, 4.69) is 171 Å². The first-order chi connectivity index (χ1) is 17.7. The maximum Gasteiger partial charge on any atom is 0.142 e. The van der Waals surface area contributed by atoms with E-state index in [0.717, 1.165) is 45.7 Å². The lowest BCUT2D eigenvalue weighted by molar-refractivity contribution is 0.457. The molecule has 3 N–H and O–H groups in total. The van der Waals surface area contributed by atoms with Crippen molar-refractivity contribution in [2.45, 2.75) is 36.5 Å². The largest absolute Gasteiger partial charge is 0.506 e. The average Bonchev–Trinajstić information content (AvgIpc) is 2.87. The molecule has 4 rings (SSSR count). The molecule has 4 aromatic carbocycles. The highest BCUT2D eigenvalue weighted by Crippen LogP contribution is 2.45. The van der Waals surface area contributed by atoms with Crippen molar-refractivity contribution < 1.29 is 15.3 Å². The van der Waals surface area contributed by atoms with Gasteiger partial charge < -0.3 is 15.3 Å². The Labute approximate surface area is 296 Å². The van der Waals surface area contributed by atoms with E-state index in [9.17, 15) is 15.3 Å². The normalized spacial score (nSPS) is 13.4. The van der Waals surface area contributed by atoms with Gasteiger partial charge in [-0.05, 0) is 184 Å². The van der Waals surface area contributed by atoms with Gasteiger partial charge in [0.25, 0.3) is 0 Å². The third-order valence-electron chi connectivity index (χ3n) is 7.14. The zero-order valence-electron chi connectivity index (χ0n) is 20.5. The molecule has 0 spiro atoms. The number of hydrogen-bond donors (Lipinski definition) is 4. The van der Waals surface area contributed by atoms with Crippen LogP contribution in [0.2, 0.25) is 0 Å². The Balaban J connectivity index is 1.90. The van der Waals surface area contributed by atoms with Gasteiger partial charge in [-0.1, -0.05) is 38.1 Å². The molecule has 0 saturated heterocycles. The lowest BCUT2D eigenvalue weighted by Gasteiger charge is -2.34. The number of rotatable bonds is 5. The SMILES string of the molecule is CC(C)(c1ccc(C(C)(c2cc(S)c(O)c(I)c2)c2cc(I)c(O)c(I)c2)cc1)c1cc(I)c(O)c(I)c1. The summed E-state index contributed by atoms with van der Waals surface area (Å²) in [5.74, 6) is 0.773. The summed E-state index contributed by atoms with van der Waals surface area (Å²) in [6.45, 7) is 6.56. The predicted octanol–water partition coefficient (Wildman–Crippen LogP) is 9.80. The number of benzene rings is 4. The molecule has 0 saturated carbocycles. The van der Waals surface area contributed by atoms with Crippen molar-refractivity contribution in [1.82, 2.24) is 0 Å². The zero-order chi connectivity index (χ0) is 28.2. The Kier molecular flexibility index (Phi) is 9.76. The third kappa shape index (κ3) is 5.79. The molecule has 198 valence electrons. The van der Waals surface area contributed by atoms with Crippen LogP contribution in [0.3, 0.4) is 0 Å². The van der Waals surface area contributed by atoms with Crippen molar-refractivity contribution in [3.63, 3.8) is 0 Å². The quantitative estimate of drug-likeness (QED) is 0.0916. The predicted molar refractivity (Wildman–Crippen MR) is 199 cm³/mol. The minimum absolute atomic E-state index is 0.171. The standard InChI is InChI=1S/C29H23I5O3S/c1-28(2,16-8-19(30)25(35)20(31)9-16)14-4-6-15(7-5-14)29(3,17-10-21(32)26(36)22(33)11-17)18-12-23(34)27(37)24(38)13-18/h4-13,35-38H,1-3H3. The second-order valence-electron chi connectivity index (χ2n) is 9.73. The number of aromatic hydroxyl groups is 3. The first kappa shape index (κ1) is 31.2. The van der Waals surface area contributed by atoms with Gasteiger partial charge in [0.2, 0.25) is 0 Å². The van der Waals surface area contributed by atoms with E-state index in [4.69, 9.17) is 0 Å². The van der Waals surface area contributed by atoms with Crippen LogP contribution in [-0.2, 0) is 10.8 Å². The van der Waals surface area contributed by atoms with Gasteiger partial charge >= 0.3 is 0 Å². The van der Waals surface area contributed by atoms with E-state index in [1.165, 1.54) is 0 Å². The van der Waals surface area contributed by atoms with Crippen LogP contribution in [-0.4, -0.2) is 15.3 Å². The Bertz CT molecular complexity index is 1420. The van der Waals surface area contributed by atoms with Crippen LogP contribution in [0.5, 0.6) is 17.2 Å². The lowest BCUT2D eigenvalue weighted by Crippen LogP contribution is -2.27. The van der Waals surface area contributed by atoms with Crippen LogP contribution in [0.15, 0.2) is 65.6 Å². The molecule has 0 aromatic heterocycles. The molecular formula is C29H23I5O3S. The fraction of sp³-hybridized carbons (Fsp3) is 0.172. The molecule has 1 atom stereocenters. The highest BCUT2D eigenvalue weighted by Gasteiger charge is 2.34. The molecule has 0 radical (unpaired) electrons. The van der Waals surface area contributed by atoms with Crippen LogP contribution >= 0.6 is 126 Å². The highest BCUT2D eigenvalue weighted by atomic mass is 127. The molecule has 0 amide bonds. The first-order valence-electron chi connectivity index (χ1n) is 11.4. The van der Waals surface area contributed by atoms with Crippen LogP contribution in [0.4, 0.5) is 0 Å². The summed E-state index contributed by atoms with van der Waals surface area (Å²) in [6.07, 6.45) is 0. The molecule has 0 bridgehead atoms. The Hall–Kier alpha value is 0.280. The minimum atomic E-state index is -0.579. The van der Waals surface area contributed by atoms with Gasteiger partial charge in [0.05, 0.1) is 17.9 Å². The molecule has 0 aliphatic rings. The number of hydrogen-bond acceptors (Lipinski definition) is 4. The summed E-state index contributed by atoms with van der Waals surface area (Å²) in [6, 6.07) is 20.7. The number of phenols is 3. The van der Waals surface area contributed by atoms with E-state index < -0.39 is 5.41 Å². The van der Waals surface area contributed by atoms with E-state index in [1.807, 2.05) is 36.4 Å². The summed E-state index contributed by atoms with van der Waals surface area (Å²) in [5.41, 5.74) is 4.55. The Morgan fingerprint density at radius 1 is 0.500 bits per heavy atom. The van der Waals surface area contributed by atoms with Crippen molar-refractivity contribution in [2.75, 3.05) is 0 Å². The smallest absolute Gasteiger partial charge is 0.142 e. The van der Waals surface area contributed by atoms with Gasteiger partial charge in [-0.2, -0.15) is 0 Å². The van der Waals surface area contributed by atoms with Gasteiger partial charge in [-0.25, -0.2) is 0 Å². The summed E-state index contributed by atoms with van der Waals surface area (Å²) in [4.78, 5) is 0.524. The topological polar surface area (TPSA) is 60.7 Å². The fourth-order valence-corrected chi connectivity index (χ4v) is 9.18. The summed E-state index contributed by atoms with van der Waals surface area (Å²) >= 11 is 15.4. The van der Waals surface area contributed by atoms with Gasteiger partial charge in [-0.15, -0.1) is 12.6 Å². The average molecular weight is 1090 g/mol. The minimum Gasteiger partial charge on any atom is -0.506 e. The van der Waals surface area contributed by atoms with E-state index >= 15 is 0 Å². The van der Waals surface area contributed by atoms with Crippen LogP contribution < -0.4 is 0 Å². The summed E-state index contributed by atoms with van der Waals surface area (Å²) in [7, 11) is 0. The highest BCUT2D eigenvalue weighted by molar-refractivity contribution is 14.1. The van der Waals surface area contributed by atoms with Crippen molar-refractivity contribution in [3.05, 3.63) is 106 Å². The summed E-state index contributed by atoms with van der Waals surface area (Å²) < 4.78 is 3.97. The second-order valence-corrected chi connectivity index (χ2v) is 16.0. The molecule has 9 heteroatoms. The molecule has 3 nitrogen and oxygen atoms in total. The van der Waals surface area contributed by atoms with Crippen LogP contribution in [0.25, 0.3) is 0 Å². The van der Waals surface area contributed by atoms with E-state index in [1.54, 1.807) is 0 Å². The lowest BCUT2D eigenvalue weighted by atomic mass is 9.70. The van der Waals surface area contributed by atoms with Crippen LogP contribution in [0.1, 0.15) is 48.6 Å². The monoisotopic (exact) mass is 1090 g/mol. The molecule has 1 unspecified atom stereocenters. The molecule has 4 aromatic rings. The number of thiol groups is 1. The Morgan fingerprint density at radius 2 is 0.842 bits per heavy atom. The molecule has 0 aliphatic heterocycles. The zero-order valence-corrected chi connectivity index (χ0v) is 32.1. The van der Waals surface area contributed by atoms with Gasteiger partial charge in [0.1, 0.15) is 17.2 Å². The van der Waals surface area contributed by atoms with Crippen molar-refractivity contribution in [1.29, 1.82) is 0 Å². The van der Waals surface area contributed by atoms with Crippen LogP contribution in [0, 0.1) is 17.9 Å². The number of halogens is 5. The molecule has 0 heterocycles. The molecule has 0 aliphatic carbocycles. The van der Waals surface area contributed by atoms with Crippen molar-refractivity contribution in [2.24, 2.45) is 0 Å². The Morgan fingerprint density at radius 3 is 1.26 bits per heavy atom. The van der Waals surface area contributed by atoms with Gasteiger partial charge in [-0.3, -0.25) is 0 Å². The number of phenolic OH excluding ortho intramolecular Hbond substituents is 3. The molecule has 38 heavy (non-hydrogen) atoms. The van der Waals surface area contributed by atoms with Crippen molar-refractivity contribution in [3.8, 4) is 17.2 Å². The first-order valence-corrected chi connectivity index (χ1v) is 17.2. The third-order valence-corrected chi connectivity index (χ3v) is 11.6. The molecule has 0 fully saturated rings. The maximum absolute atomic E-state index is 10.5. The van der Waals surface area contributed by atoms with E-state index in [0.29, 0.717) is 10.6 Å². The fourth-order valence-electron chi connectivity index (χ4n) is 4.54. The maximum atomic E-state index is 10.5.